The first kappa shape index (κ1) is 32.7. The Morgan fingerprint density at radius 3 is 2.42 bits per heavy atom. The van der Waals surface area contributed by atoms with E-state index in [4.69, 9.17) is 10.5 Å². The zero-order valence-corrected chi connectivity index (χ0v) is 28.6. The Hall–Kier alpha value is -0.870. The molecule has 7 aliphatic rings. The number of fused-ring (bicyclic) bond motifs is 2. The summed E-state index contributed by atoms with van der Waals surface area (Å²) in [5.41, 5.74) is 3.17. The van der Waals surface area contributed by atoms with Gasteiger partial charge >= 0.3 is 0 Å². The van der Waals surface area contributed by atoms with Crippen molar-refractivity contribution in [2.24, 2.45) is 51.6 Å². The van der Waals surface area contributed by atoms with E-state index in [1.165, 1.54) is 0 Å². The fraction of sp³-hybridized carbons (Fsp3) is 0.919. The third kappa shape index (κ3) is 4.44. The maximum Gasteiger partial charge on any atom is 0.162 e. The van der Waals surface area contributed by atoms with E-state index in [9.17, 15) is 25.2 Å². The first-order valence-corrected chi connectivity index (χ1v) is 18.2. The van der Waals surface area contributed by atoms with Crippen LogP contribution in [0.1, 0.15) is 119 Å². The summed E-state index contributed by atoms with van der Waals surface area (Å²) in [6.45, 7) is 13.3. The van der Waals surface area contributed by atoms with E-state index in [1.54, 1.807) is 0 Å². The molecule has 0 aromatic heterocycles. The minimum Gasteiger partial charge on any atom is -0.393 e. The topological polar surface area (TPSA) is 149 Å². The molecule has 3 saturated carbocycles. The molecule has 0 aromatic carbocycles. The van der Waals surface area contributed by atoms with E-state index in [2.05, 4.69) is 33.0 Å². The van der Waals surface area contributed by atoms with Crippen LogP contribution < -0.4 is 11.1 Å². The highest BCUT2D eigenvalue weighted by atomic mass is 16.6. The third-order valence-corrected chi connectivity index (χ3v) is 15.7. The summed E-state index contributed by atoms with van der Waals surface area (Å²) in [6, 6.07) is 0. The number of hydrogen-bond donors (Lipinski definition) is 6. The number of carbonyl (C=O) groups is 1. The second kappa shape index (κ2) is 10.3. The summed E-state index contributed by atoms with van der Waals surface area (Å²) in [5, 5.41) is 51.4. The third-order valence-electron chi connectivity index (χ3n) is 15.7. The number of allylic oxidation sites excluding steroid dienone is 1. The average molecular weight is 629 g/mol. The Morgan fingerprint density at radius 1 is 0.978 bits per heavy atom. The fourth-order valence-corrected chi connectivity index (χ4v) is 12.2. The molecule has 2 heterocycles. The van der Waals surface area contributed by atoms with Gasteiger partial charge in [-0.25, -0.2) is 0 Å². The van der Waals surface area contributed by atoms with Gasteiger partial charge in [-0.3, -0.25) is 4.79 Å². The quantitative estimate of drug-likeness (QED) is 0.232. The van der Waals surface area contributed by atoms with Crippen molar-refractivity contribution < 1.29 is 30.0 Å². The Morgan fingerprint density at radius 2 is 1.71 bits per heavy atom. The van der Waals surface area contributed by atoms with Crippen molar-refractivity contribution in [3.63, 3.8) is 0 Å². The molecule has 0 spiro atoms. The van der Waals surface area contributed by atoms with Crippen molar-refractivity contribution in [3.05, 3.63) is 11.1 Å². The Bertz CT molecular complexity index is 1260. The van der Waals surface area contributed by atoms with E-state index in [1.807, 2.05) is 13.8 Å². The van der Waals surface area contributed by atoms with Crippen LogP contribution in [0.5, 0.6) is 0 Å². The molecule has 0 bridgehead atoms. The van der Waals surface area contributed by atoms with Crippen LogP contribution in [0.3, 0.4) is 0 Å². The molecule has 254 valence electrons. The van der Waals surface area contributed by atoms with Crippen LogP contribution in [-0.2, 0) is 9.53 Å². The number of Topliss-reactive ketones (excluding diaryl/α,β-unsaturated/α-hetero) is 1. The molecule has 2 aliphatic heterocycles. The summed E-state index contributed by atoms with van der Waals surface area (Å²) in [4.78, 5) is 14.1. The van der Waals surface area contributed by atoms with Crippen molar-refractivity contribution in [2.45, 2.75) is 160 Å². The predicted molar refractivity (Wildman–Crippen MR) is 172 cm³/mol. The number of ether oxygens (including phenoxy) is 1. The lowest BCUT2D eigenvalue weighted by Crippen LogP contribution is -2.64. The largest absolute Gasteiger partial charge is 0.393 e. The van der Waals surface area contributed by atoms with Gasteiger partial charge in [-0.2, -0.15) is 0 Å². The lowest BCUT2D eigenvalue weighted by Gasteiger charge is -2.63. The Balaban J connectivity index is 1.14. The zero-order chi connectivity index (χ0) is 32.5. The Labute approximate surface area is 269 Å². The lowest BCUT2D eigenvalue weighted by atomic mass is 9.42. The normalized spacial score (nSPS) is 50.4. The summed E-state index contributed by atoms with van der Waals surface area (Å²) in [6.07, 6.45) is 8.29. The number of aliphatic hydroxyl groups is 4. The lowest BCUT2D eigenvalue weighted by molar-refractivity contribution is -0.164. The molecule has 5 aliphatic carbocycles. The number of nitrogens with two attached hydrogens (primary N) is 1. The second-order valence-electron chi connectivity index (χ2n) is 18.3. The summed E-state index contributed by atoms with van der Waals surface area (Å²) < 4.78 is 6.31. The van der Waals surface area contributed by atoms with Crippen molar-refractivity contribution in [3.8, 4) is 0 Å². The first-order valence-electron chi connectivity index (χ1n) is 18.2. The molecule has 0 amide bonds. The molecule has 14 atom stereocenters. The number of ketones is 1. The van der Waals surface area contributed by atoms with Crippen LogP contribution in [0.2, 0.25) is 0 Å². The van der Waals surface area contributed by atoms with Crippen molar-refractivity contribution in [2.75, 3.05) is 6.54 Å². The molecule has 0 radical (unpaired) electrons. The van der Waals surface area contributed by atoms with Gasteiger partial charge in [-0.1, -0.05) is 27.7 Å². The maximum absolute atomic E-state index is 14.1. The molecule has 5 fully saturated rings. The van der Waals surface area contributed by atoms with Crippen molar-refractivity contribution in [1.29, 1.82) is 0 Å². The smallest absolute Gasteiger partial charge is 0.162 e. The van der Waals surface area contributed by atoms with Crippen molar-refractivity contribution in [1.82, 2.24) is 5.32 Å². The van der Waals surface area contributed by atoms with Crippen molar-refractivity contribution >= 4 is 5.78 Å². The van der Waals surface area contributed by atoms with Gasteiger partial charge < -0.3 is 36.2 Å². The van der Waals surface area contributed by atoms with Crippen LogP contribution in [0, 0.1) is 45.8 Å². The van der Waals surface area contributed by atoms with Crippen LogP contribution >= 0.6 is 0 Å². The van der Waals surface area contributed by atoms with E-state index in [-0.39, 0.29) is 41.0 Å². The van der Waals surface area contributed by atoms with Gasteiger partial charge in [0.25, 0.3) is 0 Å². The average Bonchev–Trinajstić information content (AvgIpc) is 3.75. The molecular weight excluding hydrogens is 568 g/mol. The minimum absolute atomic E-state index is 0.0202. The Kier molecular flexibility index (Phi) is 7.49. The molecule has 2 saturated heterocycles. The molecule has 7 N–H and O–H groups in total. The van der Waals surface area contributed by atoms with Gasteiger partial charge in [0.1, 0.15) is 12.2 Å². The zero-order valence-electron chi connectivity index (χ0n) is 28.6. The van der Waals surface area contributed by atoms with E-state index >= 15 is 0 Å². The first-order chi connectivity index (χ1) is 20.9. The molecule has 2 unspecified atom stereocenters. The van der Waals surface area contributed by atoms with Crippen LogP contribution in [-0.4, -0.2) is 74.0 Å². The summed E-state index contributed by atoms with van der Waals surface area (Å²) >= 11 is 0. The standard InChI is InChI=1S/C37H60N2O6/c1-32(2,13-9-20-12-16-39-27(38)17-20)36(6,43)31-30(45-31)35(5,42)26-18-21-7-8-23-28-24(11-15-34(26,4)37(21,28)44)33(3)14-10-22(40)19-25(33)29(23)41/h20-22,24-27,30-31,39-40,42-44H,7-19,38H2,1-6H3/t20?,21-,22-,24-,25-,26-,27?,30+,31-,33+,34-,35+,36-,37+/m0/s1. The van der Waals surface area contributed by atoms with Crippen LogP contribution in [0.4, 0.5) is 0 Å². The number of aliphatic hydroxyl groups excluding tert-OH is 1. The van der Waals surface area contributed by atoms with Gasteiger partial charge in [0, 0.05) is 11.3 Å². The minimum atomic E-state index is -1.25. The molecular formula is C37H60N2O6. The molecule has 0 aromatic rings. The monoisotopic (exact) mass is 628 g/mol. The highest BCUT2D eigenvalue weighted by molar-refractivity contribution is 6.00. The molecule has 7 rings (SSSR count). The highest BCUT2D eigenvalue weighted by Crippen LogP contribution is 2.73. The van der Waals surface area contributed by atoms with Gasteiger partial charge in [-0.15, -0.1) is 0 Å². The number of epoxide rings is 1. The van der Waals surface area contributed by atoms with Crippen LogP contribution in [0.25, 0.3) is 0 Å². The summed E-state index contributed by atoms with van der Waals surface area (Å²) in [7, 11) is 0. The van der Waals surface area contributed by atoms with Gasteiger partial charge in [0.2, 0.25) is 0 Å². The van der Waals surface area contributed by atoms with Gasteiger partial charge in [0.15, 0.2) is 5.78 Å². The SMILES string of the molecule is CC(C)(CCC1CCNC(N)C1)[C@@](C)(O)[C@H]1O[C@H]1[C@](C)(O)[C@H]1C[C@@H]2CCC3=C4[C@H](CC[C@]1(C)[C@]42O)[C@@]1(C)CC[C@H](O)C[C@H]1C3=O. The number of nitrogens with one attached hydrogen (secondary N) is 1. The van der Waals surface area contributed by atoms with E-state index in [0.29, 0.717) is 31.6 Å². The summed E-state index contributed by atoms with van der Waals surface area (Å²) in [5.74, 6) is 0.403. The fourth-order valence-electron chi connectivity index (χ4n) is 12.2. The highest BCUT2D eigenvalue weighted by Gasteiger charge is 2.76. The van der Waals surface area contributed by atoms with E-state index < -0.39 is 45.9 Å². The van der Waals surface area contributed by atoms with Crippen LogP contribution in [0.15, 0.2) is 11.1 Å². The molecule has 8 heteroatoms. The maximum atomic E-state index is 14.1. The molecule has 45 heavy (non-hydrogen) atoms. The number of carbonyl (C=O) groups excluding carboxylic acids is 1. The van der Waals surface area contributed by atoms with Gasteiger partial charge in [0.05, 0.1) is 29.1 Å². The van der Waals surface area contributed by atoms with Gasteiger partial charge in [-0.05, 0) is 143 Å². The molecule has 8 nitrogen and oxygen atoms in total. The number of rotatable bonds is 7. The number of piperidine rings is 1. The number of hydrogen-bond acceptors (Lipinski definition) is 8. The van der Waals surface area contributed by atoms with E-state index in [0.717, 1.165) is 69.1 Å². The predicted octanol–water partition coefficient (Wildman–Crippen LogP) is 3.97. The second-order valence-corrected chi connectivity index (χ2v) is 18.3.